The number of thiocarbonyl (C=S) groups is 1. The molecule has 27 heavy (non-hydrogen) atoms. The summed E-state index contributed by atoms with van der Waals surface area (Å²) in [5.41, 5.74) is 4.45. The molecular weight excluding hydrogens is 386 g/mol. The average molecular weight is 404 g/mol. The first-order chi connectivity index (χ1) is 13.2. The van der Waals surface area contributed by atoms with Crippen LogP contribution in [0.4, 0.5) is 5.82 Å². The van der Waals surface area contributed by atoms with Crippen molar-refractivity contribution in [3.05, 3.63) is 41.6 Å². The summed E-state index contributed by atoms with van der Waals surface area (Å²) in [6.45, 7) is 3.74. The third-order valence-corrected chi connectivity index (χ3v) is 5.09. The quantitative estimate of drug-likeness (QED) is 0.599. The van der Waals surface area contributed by atoms with E-state index in [2.05, 4.69) is 35.3 Å². The second-order valence-electron chi connectivity index (χ2n) is 6.08. The number of hydrazone groups is 1. The van der Waals surface area contributed by atoms with E-state index in [1.165, 1.54) is 0 Å². The molecule has 1 N–H and O–H groups in total. The summed E-state index contributed by atoms with van der Waals surface area (Å²) in [6, 6.07) is 1.71. The van der Waals surface area contributed by atoms with Gasteiger partial charge in [0.25, 0.3) is 0 Å². The standard InChI is InChI=1S/C17H18ClN7OS/c18-12-1-3-21-15-13(2-10-26-16(12)15)22-23-17(27)25-8-6-24(7-9-25)14-11-19-4-5-20-14/h1,3-5,11H,2,6-10H2,(H,23,27)/b22-13-. The maximum atomic E-state index is 6.17. The van der Waals surface area contributed by atoms with E-state index in [1.54, 1.807) is 30.9 Å². The molecule has 2 aromatic heterocycles. The van der Waals surface area contributed by atoms with Gasteiger partial charge in [0.1, 0.15) is 11.5 Å². The average Bonchev–Trinajstić information content (AvgIpc) is 2.73. The smallest absolute Gasteiger partial charge is 0.189 e. The third kappa shape index (κ3) is 3.93. The molecule has 140 valence electrons. The van der Waals surface area contributed by atoms with Crippen LogP contribution >= 0.6 is 23.8 Å². The topological polar surface area (TPSA) is 78.8 Å². The van der Waals surface area contributed by atoms with Crippen LogP contribution in [0.1, 0.15) is 12.1 Å². The number of nitrogens with zero attached hydrogens (tertiary/aromatic N) is 6. The number of anilines is 1. The molecule has 4 heterocycles. The summed E-state index contributed by atoms with van der Waals surface area (Å²) < 4.78 is 5.60. The molecule has 0 unspecified atom stereocenters. The van der Waals surface area contributed by atoms with Crippen LogP contribution in [-0.2, 0) is 0 Å². The van der Waals surface area contributed by atoms with Crippen LogP contribution in [0, 0.1) is 0 Å². The Kier molecular flexibility index (Phi) is 5.30. The molecule has 10 heteroatoms. The van der Waals surface area contributed by atoms with Crippen LogP contribution in [0.2, 0.25) is 5.02 Å². The van der Waals surface area contributed by atoms with Gasteiger partial charge in [0.05, 0.1) is 23.5 Å². The molecule has 0 atom stereocenters. The normalized spacial score (nSPS) is 18.0. The van der Waals surface area contributed by atoms with Crippen molar-refractivity contribution < 1.29 is 4.74 Å². The second kappa shape index (κ2) is 8.01. The fraction of sp³-hybridized carbons (Fsp3) is 0.353. The van der Waals surface area contributed by atoms with Crippen molar-refractivity contribution in [2.75, 3.05) is 37.7 Å². The zero-order chi connectivity index (χ0) is 18.6. The van der Waals surface area contributed by atoms with E-state index in [0.717, 1.165) is 37.7 Å². The Morgan fingerprint density at radius 3 is 2.81 bits per heavy atom. The molecule has 1 fully saturated rings. The molecule has 0 amide bonds. The molecule has 0 spiro atoms. The summed E-state index contributed by atoms with van der Waals surface area (Å²) in [4.78, 5) is 17.1. The molecule has 0 aliphatic carbocycles. The van der Waals surface area contributed by atoms with E-state index in [4.69, 9.17) is 28.6 Å². The molecular formula is C17H18ClN7OS. The minimum Gasteiger partial charge on any atom is -0.489 e. The maximum absolute atomic E-state index is 6.17. The third-order valence-electron chi connectivity index (χ3n) is 4.44. The highest BCUT2D eigenvalue weighted by molar-refractivity contribution is 7.80. The number of ether oxygens (including phenoxy) is 1. The first-order valence-corrected chi connectivity index (χ1v) is 9.41. The van der Waals surface area contributed by atoms with Crippen LogP contribution in [0.5, 0.6) is 5.75 Å². The van der Waals surface area contributed by atoms with Crippen molar-refractivity contribution in [3.8, 4) is 5.75 Å². The molecule has 2 aliphatic heterocycles. The first kappa shape index (κ1) is 17.9. The monoisotopic (exact) mass is 403 g/mol. The zero-order valence-corrected chi connectivity index (χ0v) is 16.1. The molecule has 2 aliphatic rings. The van der Waals surface area contributed by atoms with Gasteiger partial charge in [-0.1, -0.05) is 11.6 Å². The molecule has 0 saturated carbocycles. The van der Waals surface area contributed by atoms with E-state index in [1.807, 2.05) is 0 Å². The number of hydrogen-bond acceptors (Lipinski definition) is 7. The van der Waals surface area contributed by atoms with Crippen molar-refractivity contribution in [1.82, 2.24) is 25.3 Å². The lowest BCUT2D eigenvalue weighted by atomic mass is 10.1. The van der Waals surface area contributed by atoms with Crippen LogP contribution < -0.4 is 15.1 Å². The largest absolute Gasteiger partial charge is 0.489 e. The summed E-state index contributed by atoms with van der Waals surface area (Å²) in [7, 11) is 0. The van der Waals surface area contributed by atoms with Gasteiger partial charge in [-0.3, -0.25) is 15.4 Å². The zero-order valence-electron chi connectivity index (χ0n) is 14.5. The van der Waals surface area contributed by atoms with E-state index in [-0.39, 0.29) is 0 Å². The molecule has 0 radical (unpaired) electrons. The minimum absolute atomic E-state index is 0.516. The summed E-state index contributed by atoms with van der Waals surface area (Å²) >= 11 is 11.7. The number of piperazine rings is 1. The fourth-order valence-electron chi connectivity index (χ4n) is 3.02. The number of pyridine rings is 1. The van der Waals surface area contributed by atoms with Gasteiger partial charge in [-0.25, -0.2) is 4.98 Å². The SMILES string of the molecule is S=C(N/N=C1/CCOc2c(Cl)ccnc21)N1CCN(c2cnccn2)CC1. The van der Waals surface area contributed by atoms with Crippen molar-refractivity contribution >= 4 is 40.5 Å². The number of aromatic nitrogens is 3. The first-order valence-electron chi connectivity index (χ1n) is 8.62. The highest BCUT2D eigenvalue weighted by atomic mass is 35.5. The lowest BCUT2D eigenvalue weighted by molar-refractivity contribution is 0.318. The number of halogens is 1. The van der Waals surface area contributed by atoms with E-state index in [0.29, 0.717) is 34.6 Å². The van der Waals surface area contributed by atoms with Crippen molar-refractivity contribution in [2.45, 2.75) is 6.42 Å². The molecule has 4 rings (SSSR count). The Balaban J connectivity index is 1.37. The Bertz CT molecular complexity index is 856. The van der Waals surface area contributed by atoms with Crippen molar-refractivity contribution in [2.24, 2.45) is 5.10 Å². The molecule has 1 saturated heterocycles. The van der Waals surface area contributed by atoms with Crippen molar-refractivity contribution in [3.63, 3.8) is 0 Å². The van der Waals surface area contributed by atoms with Gasteiger partial charge in [-0.05, 0) is 18.3 Å². The van der Waals surface area contributed by atoms with Gasteiger partial charge < -0.3 is 14.5 Å². The summed E-state index contributed by atoms with van der Waals surface area (Å²) in [5, 5.41) is 5.60. The lowest BCUT2D eigenvalue weighted by Gasteiger charge is -2.36. The number of fused-ring (bicyclic) bond motifs is 1. The van der Waals surface area contributed by atoms with E-state index >= 15 is 0 Å². The number of rotatable bonds is 2. The Morgan fingerprint density at radius 2 is 2.04 bits per heavy atom. The molecule has 2 aromatic rings. The minimum atomic E-state index is 0.516. The molecule has 0 bridgehead atoms. The Hall–Kier alpha value is -2.52. The highest BCUT2D eigenvalue weighted by Crippen LogP contribution is 2.30. The van der Waals surface area contributed by atoms with Crippen molar-refractivity contribution in [1.29, 1.82) is 0 Å². The predicted molar refractivity (Wildman–Crippen MR) is 107 cm³/mol. The Morgan fingerprint density at radius 1 is 1.19 bits per heavy atom. The van der Waals surface area contributed by atoms with Crippen LogP contribution in [0.15, 0.2) is 36.0 Å². The second-order valence-corrected chi connectivity index (χ2v) is 6.88. The van der Waals surface area contributed by atoms with Gasteiger partial charge in [0.15, 0.2) is 10.9 Å². The Labute approximate surface area is 167 Å². The maximum Gasteiger partial charge on any atom is 0.189 e. The van der Waals surface area contributed by atoms with Gasteiger partial charge in [0, 0.05) is 51.2 Å². The predicted octanol–water partition coefficient (Wildman–Crippen LogP) is 1.71. The molecule has 0 aromatic carbocycles. The highest BCUT2D eigenvalue weighted by Gasteiger charge is 2.22. The van der Waals surface area contributed by atoms with Gasteiger partial charge in [-0.2, -0.15) is 5.10 Å². The van der Waals surface area contributed by atoms with E-state index in [9.17, 15) is 0 Å². The lowest BCUT2D eigenvalue weighted by Crippen LogP contribution is -2.51. The van der Waals surface area contributed by atoms with E-state index < -0.39 is 0 Å². The van der Waals surface area contributed by atoms with Gasteiger partial charge in [0.2, 0.25) is 0 Å². The van der Waals surface area contributed by atoms with Crippen LogP contribution in [0.3, 0.4) is 0 Å². The summed E-state index contributed by atoms with van der Waals surface area (Å²) in [5.74, 6) is 1.47. The van der Waals surface area contributed by atoms with Crippen LogP contribution in [-0.4, -0.2) is 63.5 Å². The number of hydrogen-bond donors (Lipinski definition) is 1. The number of nitrogens with one attached hydrogen (secondary N) is 1. The van der Waals surface area contributed by atoms with Crippen LogP contribution in [0.25, 0.3) is 0 Å². The molecule has 8 nitrogen and oxygen atoms in total. The van der Waals surface area contributed by atoms with Gasteiger partial charge >= 0.3 is 0 Å². The van der Waals surface area contributed by atoms with Gasteiger partial charge in [-0.15, -0.1) is 0 Å². The fourth-order valence-corrected chi connectivity index (χ4v) is 3.45. The summed E-state index contributed by atoms with van der Waals surface area (Å²) in [6.07, 6.45) is 7.45.